The number of amides is 4. The van der Waals surface area contributed by atoms with Crippen LogP contribution in [0.15, 0.2) is 24.3 Å². The van der Waals surface area contributed by atoms with Gasteiger partial charge in [0.1, 0.15) is 18.2 Å². The lowest BCUT2D eigenvalue weighted by Gasteiger charge is -2.35. The molecule has 1 aromatic rings. The molecule has 4 amide bonds. The second kappa shape index (κ2) is 9.37. The topological polar surface area (TPSA) is 120 Å². The van der Waals surface area contributed by atoms with E-state index in [2.05, 4.69) is 27.3 Å². The van der Waals surface area contributed by atoms with Crippen LogP contribution >= 0.6 is 0 Å². The number of rotatable bonds is 5. The molecule has 4 N–H and O–H groups in total. The maximum absolute atomic E-state index is 13.7. The Kier molecular flexibility index (Phi) is 6.66. The summed E-state index contributed by atoms with van der Waals surface area (Å²) >= 11 is 0. The fourth-order valence-electron chi connectivity index (χ4n) is 5.54. The van der Waals surface area contributed by atoms with Crippen LogP contribution in [0.5, 0.6) is 0 Å². The van der Waals surface area contributed by atoms with Crippen LogP contribution in [0.3, 0.4) is 0 Å². The average Bonchev–Trinajstić information content (AvgIpc) is 3.01. The van der Waals surface area contributed by atoms with Crippen molar-refractivity contribution in [3.63, 3.8) is 0 Å². The highest BCUT2D eigenvalue weighted by molar-refractivity contribution is 5.98. The van der Waals surface area contributed by atoms with E-state index in [1.807, 2.05) is 32.0 Å². The third-order valence-corrected chi connectivity index (χ3v) is 7.42. The minimum atomic E-state index is -1.02. The Hall–Kier alpha value is -2.94. The molecule has 2 unspecified atom stereocenters. The molecule has 5 atom stereocenters. The van der Waals surface area contributed by atoms with Crippen LogP contribution in [-0.2, 0) is 25.6 Å². The second-order valence-electron chi connectivity index (χ2n) is 10.4. The van der Waals surface area contributed by atoms with Gasteiger partial charge < -0.3 is 26.2 Å². The Balaban J connectivity index is 1.59. The van der Waals surface area contributed by atoms with Crippen molar-refractivity contribution < 1.29 is 19.2 Å². The van der Waals surface area contributed by atoms with Crippen molar-refractivity contribution in [1.29, 1.82) is 0 Å². The number of carbonyl (C=O) groups is 4. The Bertz CT molecular complexity index is 993. The van der Waals surface area contributed by atoms with E-state index >= 15 is 0 Å². The SMILES string of the molecule is CN[C@@H](C)C(=O)N[C@H]1CC(=O)NC2CC(C)(C)C(C(=O)N[C@@H]3CCCc4ccccc43)N2C1=O. The van der Waals surface area contributed by atoms with Gasteiger partial charge in [0.05, 0.1) is 18.5 Å². The average molecular weight is 470 g/mol. The van der Waals surface area contributed by atoms with Crippen LogP contribution in [0.1, 0.15) is 63.6 Å². The van der Waals surface area contributed by atoms with Crippen LogP contribution in [0, 0.1) is 5.41 Å². The van der Waals surface area contributed by atoms with Gasteiger partial charge in [-0.2, -0.15) is 0 Å². The molecule has 2 fully saturated rings. The first-order chi connectivity index (χ1) is 16.1. The van der Waals surface area contributed by atoms with Crippen molar-refractivity contribution in [1.82, 2.24) is 26.2 Å². The summed E-state index contributed by atoms with van der Waals surface area (Å²) < 4.78 is 0. The number of benzene rings is 1. The molecule has 0 aromatic heterocycles. The summed E-state index contributed by atoms with van der Waals surface area (Å²) in [6, 6.07) is 5.71. The fraction of sp³-hybridized carbons (Fsp3) is 0.600. The Morgan fingerprint density at radius 3 is 2.62 bits per heavy atom. The number of carbonyl (C=O) groups excluding carboxylic acids is 4. The molecular weight excluding hydrogens is 434 g/mol. The minimum absolute atomic E-state index is 0.115. The number of nitrogens with one attached hydrogen (secondary N) is 4. The molecule has 2 saturated heterocycles. The van der Waals surface area contributed by atoms with E-state index in [9.17, 15) is 19.2 Å². The number of hydrogen-bond acceptors (Lipinski definition) is 5. The maximum Gasteiger partial charge on any atom is 0.248 e. The Morgan fingerprint density at radius 2 is 1.88 bits per heavy atom. The molecule has 4 rings (SSSR count). The molecule has 9 heteroatoms. The summed E-state index contributed by atoms with van der Waals surface area (Å²) in [6.45, 7) is 5.56. The zero-order valence-electron chi connectivity index (χ0n) is 20.3. The third kappa shape index (κ3) is 4.53. The molecule has 0 bridgehead atoms. The van der Waals surface area contributed by atoms with Crippen LogP contribution < -0.4 is 21.3 Å². The summed E-state index contributed by atoms with van der Waals surface area (Å²) in [6.07, 6.45) is 2.52. The molecular formula is C25H35N5O4. The molecule has 1 aliphatic carbocycles. The summed E-state index contributed by atoms with van der Waals surface area (Å²) in [7, 11) is 1.65. The highest BCUT2D eigenvalue weighted by Crippen LogP contribution is 2.41. The van der Waals surface area contributed by atoms with Crippen molar-refractivity contribution >= 4 is 23.6 Å². The maximum atomic E-state index is 13.7. The van der Waals surface area contributed by atoms with E-state index in [4.69, 9.17) is 0 Å². The molecule has 0 spiro atoms. The van der Waals surface area contributed by atoms with E-state index in [1.165, 1.54) is 10.5 Å². The first-order valence-corrected chi connectivity index (χ1v) is 12.1. The molecule has 9 nitrogen and oxygen atoms in total. The van der Waals surface area contributed by atoms with Gasteiger partial charge in [-0.1, -0.05) is 38.1 Å². The number of aryl methyl sites for hydroxylation is 1. The van der Waals surface area contributed by atoms with Gasteiger partial charge in [-0.25, -0.2) is 0 Å². The first-order valence-electron chi connectivity index (χ1n) is 12.1. The van der Waals surface area contributed by atoms with Gasteiger partial charge >= 0.3 is 0 Å². The van der Waals surface area contributed by atoms with Crippen LogP contribution in [0.4, 0.5) is 0 Å². The number of hydrogen-bond donors (Lipinski definition) is 4. The molecule has 1 aromatic carbocycles. The number of likely N-dealkylation sites (N-methyl/N-ethyl adjacent to an activating group) is 1. The second-order valence-corrected chi connectivity index (χ2v) is 10.4. The zero-order valence-corrected chi connectivity index (χ0v) is 20.3. The van der Waals surface area contributed by atoms with Crippen LogP contribution in [0.2, 0.25) is 0 Å². The van der Waals surface area contributed by atoms with Crippen molar-refractivity contribution in [3.8, 4) is 0 Å². The van der Waals surface area contributed by atoms with Gasteiger partial charge in [-0.05, 0) is 56.2 Å². The normalized spacial score (nSPS) is 28.8. The van der Waals surface area contributed by atoms with Crippen molar-refractivity contribution in [2.75, 3.05) is 7.05 Å². The van der Waals surface area contributed by atoms with Crippen molar-refractivity contribution in [2.45, 2.75) is 83.2 Å². The van der Waals surface area contributed by atoms with E-state index in [1.54, 1.807) is 14.0 Å². The Labute approximate surface area is 200 Å². The fourth-order valence-corrected chi connectivity index (χ4v) is 5.54. The molecule has 184 valence electrons. The van der Waals surface area contributed by atoms with Gasteiger partial charge in [0.2, 0.25) is 23.6 Å². The van der Waals surface area contributed by atoms with Crippen LogP contribution in [-0.4, -0.2) is 59.9 Å². The third-order valence-electron chi connectivity index (χ3n) is 7.42. The summed E-state index contributed by atoms with van der Waals surface area (Å²) in [5.74, 6) is -1.33. The molecule has 2 heterocycles. The predicted molar refractivity (Wildman–Crippen MR) is 126 cm³/mol. The Morgan fingerprint density at radius 1 is 1.15 bits per heavy atom. The smallest absolute Gasteiger partial charge is 0.248 e. The number of nitrogens with zero attached hydrogens (tertiary/aromatic N) is 1. The summed E-state index contributed by atoms with van der Waals surface area (Å²) in [4.78, 5) is 53.9. The van der Waals surface area contributed by atoms with E-state index < -0.39 is 35.6 Å². The summed E-state index contributed by atoms with van der Waals surface area (Å²) in [5.41, 5.74) is 1.80. The standard InChI is InChI=1S/C25H35N5O4/c1-14(26-4)22(32)28-18-12-20(31)29-19-13-25(2,3)21(30(19)24(18)34)23(33)27-17-11-7-9-15-8-5-6-10-16(15)17/h5-6,8,10,14,17-19,21,26H,7,9,11-13H2,1-4H3,(H,27,33)(H,28,32)(H,29,31)/t14-,17+,18-,19?,21?/m0/s1. The van der Waals surface area contributed by atoms with Gasteiger partial charge in [-0.3, -0.25) is 19.2 Å². The predicted octanol–water partition coefficient (Wildman–Crippen LogP) is 0.746. The number of fused-ring (bicyclic) bond motifs is 2. The van der Waals surface area contributed by atoms with E-state index in [-0.39, 0.29) is 30.2 Å². The van der Waals surface area contributed by atoms with E-state index in [0.717, 1.165) is 24.8 Å². The highest BCUT2D eigenvalue weighted by atomic mass is 16.2. The highest BCUT2D eigenvalue weighted by Gasteiger charge is 2.55. The lowest BCUT2D eigenvalue weighted by Crippen LogP contribution is -2.59. The van der Waals surface area contributed by atoms with Gasteiger partial charge in [0.25, 0.3) is 0 Å². The lowest BCUT2D eigenvalue weighted by atomic mass is 9.82. The molecule has 0 radical (unpaired) electrons. The summed E-state index contributed by atoms with van der Waals surface area (Å²) in [5, 5.41) is 11.6. The molecule has 3 aliphatic rings. The molecule has 0 saturated carbocycles. The largest absolute Gasteiger partial charge is 0.347 e. The lowest BCUT2D eigenvalue weighted by molar-refractivity contribution is -0.145. The van der Waals surface area contributed by atoms with Crippen molar-refractivity contribution in [3.05, 3.63) is 35.4 Å². The van der Waals surface area contributed by atoms with Gasteiger partial charge in [0, 0.05) is 0 Å². The molecule has 34 heavy (non-hydrogen) atoms. The minimum Gasteiger partial charge on any atom is -0.347 e. The first kappa shape index (κ1) is 24.2. The molecule has 2 aliphatic heterocycles. The van der Waals surface area contributed by atoms with E-state index in [0.29, 0.717) is 6.42 Å². The van der Waals surface area contributed by atoms with Gasteiger partial charge in [-0.15, -0.1) is 0 Å². The van der Waals surface area contributed by atoms with Crippen LogP contribution in [0.25, 0.3) is 0 Å². The monoisotopic (exact) mass is 469 g/mol. The van der Waals surface area contributed by atoms with Gasteiger partial charge in [0.15, 0.2) is 0 Å². The zero-order chi connectivity index (χ0) is 24.6. The van der Waals surface area contributed by atoms with Crippen molar-refractivity contribution in [2.24, 2.45) is 5.41 Å². The quantitative estimate of drug-likeness (QED) is 0.507.